The second-order valence-corrected chi connectivity index (χ2v) is 3.40. The smallest absolute Gasteiger partial charge is 0.129 e. The molecule has 0 spiro atoms. The zero-order chi connectivity index (χ0) is 12.4. The van der Waals surface area contributed by atoms with E-state index in [1.165, 1.54) is 5.56 Å². The molecule has 0 bridgehead atoms. The Balaban J connectivity index is 0.00000106. The number of ether oxygens (including phenoxy) is 1. The fourth-order valence-electron chi connectivity index (χ4n) is 1.33. The van der Waals surface area contributed by atoms with E-state index in [2.05, 4.69) is 0 Å². The maximum absolute atomic E-state index is 10.7. The van der Waals surface area contributed by atoms with Crippen molar-refractivity contribution in [2.75, 3.05) is 7.11 Å². The predicted octanol–water partition coefficient (Wildman–Crippen LogP) is 3.63. The van der Waals surface area contributed by atoms with Gasteiger partial charge >= 0.3 is 0 Å². The van der Waals surface area contributed by atoms with Gasteiger partial charge in [-0.25, -0.2) is 0 Å². The molecular weight excluding hydrogens is 200 g/mol. The Hall–Kier alpha value is -1.31. The average molecular weight is 222 g/mol. The van der Waals surface area contributed by atoms with Crippen molar-refractivity contribution in [3.8, 4) is 5.75 Å². The first-order valence-electron chi connectivity index (χ1n) is 5.84. The number of hydrogen-bond acceptors (Lipinski definition) is 2. The Kier molecular flexibility index (Phi) is 8.22. The molecule has 16 heavy (non-hydrogen) atoms. The largest absolute Gasteiger partial charge is 0.497 e. The van der Waals surface area contributed by atoms with Crippen LogP contribution in [0.2, 0.25) is 0 Å². The molecule has 0 aliphatic heterocycles. The van der Waals surface area contributed by atoms with E-state index in [-0.39, 0.29) is 5.78 Å². The predicted molar refractivity (Wildman–Crippen MR) is 68.0 cm³/mol. The second kappa shape index (κ2) is 8.96. The van der Waals surface area contributed by atoms with Gasteiger partial charge < -0.3 is 9.53 Å². The fourth-order valence-corrected chi connectivity index (χ4v) is 1.33. The highest BCUT2D eigenvalue weighted by molar-refractivity contribution is 5.75. The molecule has 0 atom stereocenters. The lowest BCUT2D eigenvalue weighted by molar-refractivity contribution is -0.117. The van der Waals surface area contributed by atoms with Crippen molar-refractivity contribution in [3.63, 3.8) is 0 Å². The Bertz CT molecular complexity index is 288. The number of rotatable bonds is 5. The third kappa shape index (κ3) is 6.23. The first-order chi connectivity index (χ1) is 7.72. The lowest BCUT2D eigenvalue weighted by Gasteiger charge is -2.02. The normalized spacial score (nSPS) is 9.00. The van der Waals surface area contributed by atoms with Crippen molar-refractivity contribution in [1.29, 1.82) is 0 Å². The van der Waals surface area contributed by atoms with E-state index in [4.69, 9.17) is 4.74 Å². The minimum Gasteiger partial charge on any atom is -0.497 e. The van der Waals surface area contributed by atoms with Gasteiger partial charge in [0.05, 0.1) is 7.11 Å². The van der Waals surface area contributed by atoms with E-state index in [1.807, 2.05) is 38.1 Å². The molecule has 0 radical (unpaired) electrons. The van der Waals surface area contributed by atoms with Crippen LogP contribution in [0.1, 0.15) is 39.2 Å². The number of carbonyl (C=O) groups is 1. The van der Waals surface area contributed by atoms with Gasteiger partial charge in [-0.15, -0.1) is 0 Å². The van der Waals surface area contributed by atoms with Crippen LogP contribution in [0.5, 0.6) is 5.75 Å². The van der Waals surface area contributed by atoms with E-state index in [1.54, 1.807) is 14.0 Å². The average Bonchev–Trinajstić information content (AvgIpc) is 2.32. The quantitative estimate of drug-likeness (QED) is 0.760. The van der Waals surface area contributed by atoms with Gasteiger partial charge in [-0.05, 0) is 37.5 Å². The third-order valence-corrected chi connectivity index (χ3v) is 2.15. The molecule has 0 aliphatic carbocycles. The second-order valence-electron chi connectivity index (χ2n) is 3.40. The van der Waals surface area contributed by atoms with Crippen molar-refractivity contribution in [2.45, 2.75) is 40.0 Å². The van der Waals surface area contributed by atoms with Crippen molar-refractivity contribution < 1.29 is 9.53 Å². The molecule has 0 heterocycles. The van der Waals surface area contributed by atoms with Gasteiger partial charge in [-0.2, -0.15) is 0 Å². The number of benzene rings is 1. The highest BCUT2D eigenvalue weighted by atomic mass is 16.5. The zero-order valence-electron chi connectivity index (χ0n) is 10.7. The lowest BCUT2D eigenvalue weighted by atomic mass is 10.1. The molecule has 90 valence electrons. The van der Waals surface area contributed by atoms with Crippen LogP contribution >= 0.6 is 0 Å². The maximum atomic E-state index is 10.7. The molecule has 0 fully saturated rings. The van der Waals surface area contributed by atoms with Crippen molar-refractivity contribution in [3.05, 3.63) is 29.8 Å². The Morgan fingerprint density at radius 3 is 2.19 bits per heavy atom. The summed E-state index contributed by atoms with van der Waals surface area (Å²) in [6, 6.07) is 7.98. The van der Waals surface area contributed by atoms with E-state index >= 15 is 0 Å². The maximum Gasteiger partial charge on any atom is 0.129 e. The van der Waals surface area contributed by atoms with Crippen LogP contribution in [0.15, 0.2) is 24.3 Å². The molecule has 0 aromatic heterocycles. The minimum absolute atomic E-state index is 0.263. The molecule has 0 amide bonds. The summed E-state index contributed by atoms with van der Waals surface area (Å²) < 4.78 is 5.06. The molecule has 2 nitrogen and oxygen atoms in total. The Morgan fingerprint density at radius 1 is 1.19 bits per heavy atom. The van der Waals surface area contributed by atoms with Gasteiger partial charge in [0.25, 0.3) is 0 Å². The molecule has 2 heteroatoms. The fraction of sp³-hybridized carbons (Fsp3) is 0.500. The van der Waals surface area contributed by atoms with Gasteiger partial charge in [-0.1, -0.05) is 26.0 Å². The standard InChI is InChI=1S/C12H16O2.C2H6/c1-10(13)4-3-5-11-6-8-12(14-2)9-7-11;1-2/h6-9H,3-5H2,1-2H3;1-2H3. The first-order valence-corrected chi connectivity index (χ1v) is 5.84. The molecule has 1 aromatic rings. The summed E-state index contributed by atoms with van der Waals surface area (Å²) >= 11 is 0. The van der Waals surface area contributed by atoms with E-state index in [9.17, 15) is 4.79 Å². The van der Waals surface area contributed by atoms with Crippen molar-refractivity contribution in [1.82, 2.24) is 0 Å². The topological polar surface area (TPSA) is 26.3 Å². The van der Waals surface area contributed by atoms with Crippen LogP contribution in [-0.2, 0) is 11.2 Å². The number of carbonyl (C=O) groups excluding carboxylic acids is 1. The Labute approximate surface area is 98.6 Å². The zero-order valence-corrected chi connectivity index (χ0v) is 10.7. The number of hydrogen-bond donors (Lipinski definition) is 0. The van der Waals surface area contributed by atoms with Gasteiger partial charge in [0.1, 0.15) is 11.5 Å². The summed E-state index contributed by atoms with van der Waals surface area (Å²) in [5.74, 6) is 1.14. The third-order valence-electron chi connectivity index (χ3n) is 2.15. The molecule has 0 unspecified atom stereocenters. The monoisotopic (exact) mass is 222 g/mol. The molecule has 0 aliphatic rings. The summed E-state index contributed by atoms with van der Waals surface area (Å²) in [7, 11) is 1.66. The van der Waals surface area contributed by atoms with E-state index in [0.29, 0.717) is 6.42 Å². The molecule has 1 rings (SSSR count). The van der Waals surface area contributed by atoms with Gasteiger partial charge in [0, 0.05) is 6.42 Å². The minimum atomic E-state index is 0.263. The number of ketones is 1. The summed E-state index contributed by atoms with van der Waals surface area (Å²) in [4.78, 5) is 10.7. The first kappa shape index (κ1) is 14.7. The van der Waals surface area contributed by atoms with Crippen LogP contribution in [0.25, 0.3) is 0 Å². The van der Waals surface area contributed by atoms with Crippen LogP contribution < -0.4 is 4.74 Å². The SMILES string of the molecule is CC.COc1ccc(CCCC(C)=O)cc1. The van der Waals surface area contributed by atoms with Crippen molar-refractivity contribution >= 4 is 5.78 Å². The molecule has 1 aromatic carbocycles. The van der Waals surface area contributed by atoms with Crippen LogP contribution in [0.3, 0.4) is 0 Å². The van der Waals surface area contributed by atoms with Gasteiger partial charge in [0.15, 0.2) is 0 Å². The van der Waals surface area contributed by atoms with Crippen LogP contribution in [0.4, 0.5) is 0 Å². The van der Waals surface area contributed by atoms with Gasteiger partial charge in [-0.3, -0.25) is 0 Å². The molecule has 0 saturated carbocycles. The highest BCUT2D eigenvalue weighted by Crippen LogP contribution is 2.13. The van der Waals surface area contributed by atoms with Crippen molar-refractivity contribution in [2.24, 2.45) is 0 Å². The van der Waals surface area contributed by atoms with Crippen LogP contribution in [-0.4, -0.2) is 12.9 Å². The van der Waals surface area contributed by atoms with E-state index < -0.39 is 0 Å². The van der Waals surface area contributed by atoms with E-state index in [0.717, 1.165) is 18.6 Å². The number of Topliss-reactive ketones (excluding diaryl/α,β-unsaturated/α-hetero) is 1. The molecule has 0 saturated heterocycles. The molecular formula is C14H22O2. The van der Waals surface area contributed by atoms with Gasteiger partial charge in [0.2, 0.25) is 0 Å². The number of aryl methyl sites for hydroxylation is 1. The summed E-state index contributed by atoms with van der Waals surface area (Å²) in [5.41, 5.74) is 1.26. The summed E-state index contributed by atoms with van der Waals surface area (Å²) in [5, 5.41) is 0. The van der Waals surface area contributed by atoms with Crippen LogP contribution in [0, 0.1) is 0 Å². The summed E-state index contributed by atoms with van der Waals surface area (Å²) in [6.07, 6.45) is 2.57. The summed E-state index contributed by atoms with van der Waals surface area (Å²) in [6.45, 7) is 5.63. The molecule has 0 N–H and O–H groups in total. The Morgan fingerprint density at radius 2 is 1.75 bits per heavy atom. The number of methoxy groups -OCH3 is 1. The highest BCUT2D eigenvalue weighted by Gasteiger charge is 1.96. The lowest BCUT2D eigenvalue weighted by Crippen LogP contribution is -1.92.